The summed E-state index contributed by atoms with van der Waals surface area (Å²) in [6.07, 6.45) is 0. The first-order chi connectivity index (χ1) is 7.26. The summed E-state index contributed by atoms with van der Waals surface area (Å²) in [5.74, 6) is -0.0607. The van der Waals surface area contributed by atoms with Gasteiger partial charge < -0.3 is 20.1 Å². The molecule has 5 heteroatoms. The Kier molecular flexibility index (Phi) is 9.46. The van der Waals surface area contributed by atoms with Crippen molar-refractivity contribution in [1.82, 2.24) is 4.90 Å². The second-order valence-electron chi connectivity index (χ2n) is 2.98. The van der Waals surface area contributed by atoms with E-state index in [1.807, 2.05) is 13.8 Å². The van der Waals surface area contributed by atoms with Gasteiger partial charge in [0.1, 0.15) is 0 Å². The molecule has 0 radical (unpaired) electrons. The topological polar surface area (TPSA) is 64.8 Å². The Morgan fingerprint density at radius 2 is 1.60 bits per heavy atom. The maximum atomic E-state index is 11.4. The molecule has 0 bridgehead atoms. The van der Waals surface area contributed by atoms with Crippen LogP contribution in [-0.4, -0.2) is 56.9 Å². The van der Waals surface area contributed by atoms with E-state index in [0.717, 1.165) is 0 Å². The second kappa shape index (κ2) is 9.89. The number of amides is 1. The van der Waals surface area contributed by atoms with Gasteiger partial charge in [-0.1, -0.05) is 0 Å². The van der Waals surface area contributed by atoms with Crippen molar-refractivity contribution in [2.75, 3.05) is 46.1 Å². The van der Waals surface area contributed by atoms with Gasteiger partial charge in [0, 0.05) is 26.3 Å². The molecule has 1 amide bonds. The molecule has 0 atom stereocenters. The fourth-order valence-corrected chi connectivity index (χ4v) is 1.13. The van der Waals surface area contributed by atoms with Crippen LogP contribution in [0, 0.1) is 0 Å². The van der Waals surface area contributed by atoms with E-state index >= 15 is 0 Å². The summed E-state index contributed by atoms with van der Waals surface area (Å²) in [6, 6.07) is 0. The lowest BCUT2D eigenvalue weighted by Crippen LogP contribution is -2.40. The average molecular weight is 218 g/mol. The van der Waals surface area contributed by atoms with E-state index in [1.165, 1.54) is 0 Å². The van der Waals surface area contributed by atoms with Gasteiger partial charge in [-0.25, -0.2) is 0 Å². The minimum atomic E-state index is -0.0607. The monoisotopic (exact) mass is 218 g/mol. The third-order valence-electron chi connectivity index (χ3n) is 1.95. The maximum Gasteiger partial charge on any atom is 0.236 e. The van der Waals surface area contributed by atoms with Gasteiger partial charge in [-0.3, -0.25) is 4.79 Å². The lowest BCUT2D eigenvalue weighted by Gasteiger charge is -2.21. The van der Waals surface area contributed by atoms with E-state index in [4.69, 9.17) is 15.2 Å². The summed E-state index contributed by atoms with van der Waals surface area (Å²) in [4.78, 5) is 13.1. The van der Waals surface area contributed by atoms with Crippen LogP contribution in [0.25, 0.3) is 0 Å². The first kappa shape index (κ1) is 14.3. The highest BCUT2D eigenvalue weighted by molar-refractivity contribution is 5.77. The Morgan fingerprint density at radius 3 is 1.93 bits per heavy atom. The van der Waals surface area contributed by atoms with Crippen LogP contribution < -0.4 is 5.73 Å². The van der Waals surface area contributed by atoms with E-state index in [1.54, 1.807) is 4.90 Å². The molecule has 0 fully saturated rings. The fraction of sp³-hybridized carbons (Fsp3) is 0.900. The highest BCUT2D eigenvalue weighted by Gasteiger charge is 2.10. The fourth-order valence-electron chi connectivity index (χ4n) is 1.13. The first-order valence-corrected chi connectivity index (χ1v) is 5.39. The van der Waals surface area contributed by atoms with Crippen molar-refractivity contribution in [2.24, 2.45) is 5.73 Å². The van der Waals surface area contributed by atoms with Crippen LogP contribution in [0.3, 0.4) is 0 Å². The van der Waals surface area contributed by atoms with Gasteiger partial charge >= 0.3 is 0 Å². The lowest BCUT2D eigenvalue weighted by atomic mass is 10.4. The van der Waals surface area contributed by atoms with E-state index in [2.05, 4.69) is 0 Å². The molecule has 0 spiro atoms. The van der Waals surface area contributed by atoms with Crippen LogP contribution in [0.2, 0.25) is 0 Å². The lowest BCUT2D eigenvalue weighted by molar-refractivity contribution is -0.131. The molecular weight excluding hydrogens is 196 g/mol. The van der Waals surface area contributed by atoms with Crippen molar-refractivity contribution < 1.29 is 14.3 Å². The Hall–Kier alpha value is -0.650. The Morgan fingerprint density at radius 1 is 1.13 bits per heavy atom. The first-order valence-electron chi connectivity index (χ1n) is 5.39. The molecule has 0 aliphatic heterocycles. The number of hydrogen-bond donors (Lipinski definition) is 1. The normalized spacial score (nSPS) is 10.3. The zero-order valence-electron chi connectivity index (χ0n) is 9.70. The highest BCUT2D eigenvalue weighted by Crippen LogP contribution is 1.90. The summed E-state index contributed by atoms with van der Waals surface area (Å²) in [5.41, 5.74) is 5.31. The van der Waals surface area contributed by atoms with E-state index in [0.29, 0.717) is 39.5 Å². The molecule has 0 rings (SSSR count). The minimum Gasteiger partial charge on any atom is -0.380 e. The molecule has 5 nitrogen and oxygen atoms in total. The van der Waals surface area contributed by atoms with Gasteiger partial charge in [0.05, 0.1) is 19.8 Å². The highest BCUT2D eigenvalue weighted by atomic mass is 16.5. The van der Waals surface area contributed by atoms with E-state index in [-0.39, 0.29) is 12.5 Å². The number of hydrogen-bond acceptors (Lipinski definition) is 4. The molecule has 0 saturated carbocycles. The van der Waals surface area contributed by atoms with Crippen LogP contribution in [0.5, 0.6) is 0 Å². The van der Waals surface area contributed by atoms with Crippen molar-refractivity contribution in [3.63, 3.8) is 0 Å². The van der Waals surface area contributed by atoms with E-state index in [9.17, 15) is 4.79 Å². The number of carbonyl (C=O) groups excluding carboxylic acids is 1. The third-order valence-corrected chi connectivity index (χ3v) is 1.95. The molecule has 2 N–H and O–H groups in total. The summed E-state index contributed by atoms with van der Waals surface area (Å²) in [5, 5.41) is 0. The van der Waals surface area contributed by atoms with Gasteiger partial charge in [0.25, 0.3) is 0 Å². The molecule has 0 saturated heterocycles. The number of nitrogens with two attached hydrogens (primary N) is 1. The van der Waals surface area contributed by atoms with Crippen molar-refractivity contribution in [3.8, 4) is 0 Å². The van der Waals surface area contributed by atoms with Crippen molar-refractivity contribution >= 4 is 5.91 Å². The SMILES string of the molecule is CCOCCN(CCOCC)C(=O)CN. The molecule has 90 valence electrons. The van der Waals surface area contributed by atoms with Crippen molar-refractivity contribution in [1.29, 1.82) is 0 Å². The van der Waals surface area contributed by atoms with Crippen LogP contribution in [-0.2, 0) is 14.3 Å². The molecule has 15 heavy (non-hydrogen) atoms. The molecule has 0 aliphatic carbocycles. The number of nitrogens with zero attached hydrogens (tertiary/aromatic N) is 1. The molecule has 0 aromatic carbocycles. The van der Waals surface area contributed by atoms with Crippen LogP contribution in [0.1, 0.15) is 13.8 Å². The van der Waals surface area contributed by atoms with Crippen LogP contribution >= 0.6 is 0 Å². The number of rotatable bonds is 9. The Labute approximate surface area is 91.5 Å². The second-order valence-corrected chi connectivity index (χ2v) is 2.98. The van der Waals surface area contributed by atoms with Gasteiger partial charge in [-0.2, -0.15) is 0 Å². The van der Waals surface area contributed by atoms with Gasteiger partial charge in [0.15, 0.2) is 0 Å². The summed E-state index contributed by atoms with van der Waals surface area (Å²) >= 11 is 0. The van der Waals surface area contributed by atoms with Crippen LogP contribution in [0.15, 0.2) is 0 Å². The van der Waals surface area contributed by atoms with Gasteiger partial charge in [0.2, 0.25) is 5.91 Å². The number of ether oxygens (including phenoxy) is 2. The molecule has 0 aromatic rings. The zero-order chi connectivity index (χ0) is 11.5. The molecule has 0 unspecified atom stereocenters. The third kappa shape index (κ3) is 7.30. The summed E-state index contributed by atoms with van der Waals surface area (Å²) in [7, 11) is 0. The summed E-state index contributed by atoms with van der Waals surface area (Å²) in [6.45, 7) is 7.48. The standard InChI is InChI=1S/C10H22N2O3/c1-3-14-7-5-12(10(13)9-11)6-8-15-4-2/h3-9,11H2,1-2H3. The van der Waals surface area contributed by atoms with E-state index < -0.39 is 0 Å². The summed E-state index contributed by atoms with van der Waals surface area (Å²) < 4.78 is 10.4. The van der Waals surface area contributed by atoms with Gasteiger partial charge in [-0.05, 0) is 13.8 Å². The predicted molar refractivity (Wildman–Crippen MR) is 58.6 cm³/mol. The average Bonchev–Trinajstić information content (AvgIpc) is 2.26. The number of carbonyl (C=O) groups is 1. The molecular formula is C10H22N2O3. The maximum absolute atomic E-state index is 11.4. The van der Waals surface area contributed by atoms with Crippen molar-refractivity contribution in [3.05, 3.63) is 0 Å². The Bertz CT molecular complexity index is 155. The molecule has 0 aliphatic rings. The minimum absolute atomic E-state index is 0.0399. The molecule has 0 heterocycles. The van der Waals surface area contributed by atoms with Crippen LogP contribution in [0.4, 0.5) is 0 Å². The van der Waals surface area contributed by atoms with Gasteiger partial charge in [-0.15, -0.1) is 0 Å². The largest absolute Gasteiger partial charge is 0.380 e. The Balaban J connectivity index is 3.79. The van der Waals surface area contributed by atoms with Crippen molar-refractivity contribution in [2.45, 2.75) is 13.8 Å². The predicted octanol–water partition coefficient (Wildman–Crippen LogP) is -0.153. The quantitative estimate of drug-likeness (QED) is 0.546. The zero-order valence-corrected chi connectivity index (χ0v) is 9.70. The smallest absolute Gasteiger partial charge is 0.236 e. The molecule has 0 aromatic heterocycles.